The van der Waals surface area contributed by atoms with Crippen LogP contribution in [0.1, 0.15) is 25.7 Å². The molecule has 0 spiro atoms. The lowest BCUT2D eigenvalue weighted by atomic mass is 9.80. The van der Waals surface area contributed by atoms with Gasteiger partial charge in [-0.05, 0) is 19.3 Å². The summed E-state index contributed by atoms with van der Waals surface area (Å²) in [6.07, 6.45) is -3.57. The highest BCUT2D eigenvalue weighted by Crippen LogP contribution is 2.39. The molecule has 0 aliphatic heterocycles. The van der Waals surface area contributed by atoms with E-state index in [4.69, 9.17) is 0 Å². The van der Waals surface area contributed by atoms with E-state index in [1.54, 1.807) is 0 Å². The van der Waals surface area contributed by atoms with Crippen LogP contribution in [-0.2, 0) is 14.3 Å². The second-order valence-corrected chi connectivity index (χ2v) is 4.40. The second kappa shape index (κ2) is 6.06. The molecule has 18 heavy (non-hydrogen) atoms. The second-order valence-electron chi connectivity index (χ2n) is 4.40. The SMILES string of the molecule is COC(=O)CNC(=O)C1CCCC(C(F)(F)F)C1. The van der Waals surface area contributed by atoms with Gasteiger partial charge >= 0.3 is 12.1 Å². The van der Waals surface area contributed by atoms with Crippen LogP contribution in [0.4, 0.5) is 13.2 Å². The van der Waals surface area contributed by atoms with Crippen LogP contribution < -0.4 is 5.32 Å². The van der Waals surface area contributed by atoms with Crippen molar-refractivity contribution >= 4 is 11.9 Å². The number of alkyl halides is 3. The summed E-state index contributed by atoms with van der Waals surface area (Å²) in [5.41, 5.74) is 0. The Morgan fingerprint density at radius 2 is 2.00 bits per heavy atom. The van der Waals surface area contributed by atoms with Gasteiger partial charge in [0, 0.05) is 5.92 Å². The molecule has 1 rings (SSSR count). The fraction of sp³-hybridized carbons (Fsp3) is 0.818. The van der Waals surface area contributed by atoms with Gasteiger partial charge in [0.05, 0.1) is 13.0 Å². The number of halogens is 3. The first kappa shape index (κ1) is 14.8. The minimum absolute atomic E-state index is 0.0737. The van der Waals surface area contributed by atoms with Crippen molar-refractivity contribution in [1.29, 1.82) is 0 Å². The monoisotopic (exact) mass is 267 g/mol. The van der Waals surface area contributed by atoms with Gasteiger partial charge in [-0.1, -0.05) is 6.42 Å². The molecule has 0 aromatic carbocycles. The van der Waals surface area contributed by atoms with Crippen LogP contribution in [0.15, 0.2) is 0 Å². The van der Waals surface area contributed by atoms with Crippen molar-refractivity contribution < 1.29 is 27.5 Å². The molecule has 0 saturated heterocycles. The Kier molecular flexibility index (Phi) is 4.98. The predicted octanol–water partition coefficient (Wildman–Crippen LogP) is 1.64. The Balaban J connectivity index is 2.46. The first-order chi connectivity index (χ1) is 8.34. The Bertz CT molecular complexity index is 317. The van der Waals surface area contributed by atoms with Crippen LogP contribution in [0.5, 0.6) is 0 Å². The average Bonchev–Trinajstić information content (AvgIpc) is 2.34. The summed E-state index contributed by atoms with van der Waals surface area (Å²) in [5.74, 6) is -3.21. The lowest BCUT2D eigenvalue weighted by Gasteiger charge is -2.29. The van der Waals surface area contributed by atoms with Crippen molar-refractivity contribution in [3.8, 4) is 0 Å². The van der Waals surface area contributed by atoms with E-state index in [2.05, 4.69) is 10.1 Å². The summed E-state index contributed by atoms with van der Waals surface area (Å²) in [4.78, 5) is 22.4. The van der Waals surface area contributed by atoms with Crippen molar-refractivity contribution in [2.75, 3.05) is 13.7 Å². The fourth-order valence-corrected chi connectivity index (χ4v) is 2.10. The zero-order chi connectivity index (χ0) is 13.8. The highest BCUT2D eigenvalue weighted by atomic mass is 19.4. The molecule has 1 N–H and O–H groups in total. The number of methoxy groups -OCH3 is 1. The van der Waals surface area contributed by atoms with Gasteiger partial charge < -0.3 is 10.1 Å². The van der Waals surface area contributed by atoms with Crippen molar-refractivity contribution in [3.63, 3.8) is 0 Å². The normalized spacial score (nSPS) is 24.4. The molecule has 4 nitrogen and oxygen atoms in total. The number of hydrogen-bond donors (Lipinski definition) is 1. The van der Waals surface area contributed by atoms with Gasteiger partial charge in [-0.3, -0.25) is 9.59 Å². The Labute approximate surface area is 103 Å². The molecule has 2 atom stereocenters. The maximum atomic E-state index is 12.5. The molecule has 1 aliphatic carbocycles. The fourth-order valence-electron chi connectivity index (χ4n) is 2.10. The molecule has 0 bridgehead atoms. The van der Waals surface area contributed by atoms with Gasteiger partial charge in [-0.15, -0.1) is 0 Å². The van der Waals surface area contributed by atoms with Crippen LogP contribution >= 0.6 is 0 Å². The summed E-state index contributed by atoms with van der Waals surface area (Å²) in [6, 6.07) is 0. The summed E-state index contributed by atoms with van der Waals surface area (Å²) in [6.45, 7) is -0.303. The lowest BCUT2D eigenvalue weighted by molar-refractivity contribution is -0.186. The number of esters is 1. The average molecular weight is 267 g/mol. The minimum atomic E-state index is -4.25. The number of amides is 1. The van der Waals surface area contributed by atoms with Crippen LogP contribution in [0.25, 0.3) is 0 Å². The smallest absolute Gasteiger partial charge is 0.391 e. The Morgan fingerprint density at radius 1 is 1.33 bits per heavy atom. The van der Waals surface area contributed by atoms with Gasteiger partial charge in [0.25, 0.3) is 0 Å². The number of nitrogens with one attached hydrogen (secondary N) is 1. The number of hydrogen-bond acceptors (Lipinski definition) is 3. The number of rotatable bonds is 3. The van der Waals surface area contributed by atoms with E-state index in [9.17, 15) is 22.8 Å². The Morgan fingerprint density at radius 3 is 2.56 bits per heavy atom. The standard InChI is InChI=1S/C11H16F3NO3/c1-18-9(16)6-15-10(17)7-3-2-4-8(5-7)11(12,13)14/h7-8H,2-6H2,1H3,(H,15,17). The van der Waals surface area contributed by atoms with Gasteiger partial charge in [-0.2, -0.15) is 13.2 Å². The zero-order valence-corrected chi connectivity index (χ0v) is 10.0. The maximum Gasteiger partial charge on any atom is 0.391 e. The van der Waals surface area contributed by atoms with Gasteiger partial charge in [0.1, 0.15) is 6.54 Å². The molecule has 7 heteroatoms. The van der Waals surface area contributed by atoms with Crippen LogP contribution in [0.2, 0.25) is 0 Å². The van der Waals surface area contributed by atoms with E-state index in [0.717, 1.165) is 0 Å². The molecule has 1 fully saturated rings. The molecule has 104 valence electrons. The van der Waals surface area contributed by atoms with Crippen molar-refractivity contribution in [2.24, 2.45) is 11.8 Å². The van der Waals surface area contributed by atoms with Crippen molar-refractivity contribution in [2.45, 2.75) is 31.9 Å². The lowest BCUT2D eigenvalue weighted by Crippen LogP contribution is -2.39. The minimum Gasteiger partial charge on any atom is -0.468 e. The Hall–Kier alpha value is -1.27. The zero-order valence-electron chi connectivity index (χ0n) is 10.0. The van der Waals surface area contributed by atoms with Crippen molar-refractivity contribution in [3.05, 3.63) is 0 Å². The molecule has 0 radical (unpaired) electrons. The third-order valence-corrected chi connectivity index (χ3v) is 3.14. The molecule has 0 aromatic rings. The quantitative estimate of drug-likeness (QED) is 0.791. The van der Waals surface area contributed by atoms with Crippen LogP contribution in [0, 0.1) is 11.8 Å². The van der Waals surface area contributed by atoms with E-state index in [1.807, 2.05) is 0 Å². The van der Waals surface area contributed by atoms with Crippen molar-refractivity contribution in [1.82, 2.24) is 5.32 Å². The maximum absolute atomic E-state index is 12.5. The molecular formula is C11H16F3NO3. The predicted molar refractivity (Wildman–Crippen MR) is 56.5 cm³/mol. The third-order valence-electron chi connectivity index (χ3n) is 3.14. The highest BCUT2D eigenvalue weighted by molar-refractivity contribution is 5.83. The molecule has 0 heterocycles. The number of carbonyl (C=O) groups is 2. The van der Waals surface area contributed by atoms with Gasteiger partial charge in [0.15, 0.2) is 0 Å². The summed E-state index contributed by atoms with van der Waals surface area (Å²) in [7, 11) is 1.18. The summed E-state index contributed by atoms with van der Waals surface area (Å²) < 4.78 is 42.0. The van der Waals surface area contributed by atoms with E-state index in [1.165, 1.54) is 7.11 Å². The summed E-state index contributed by atoms with van der Waals surface area (Å²) in [5, 5.41) is 2.29. The molecule has 1 saturated carbocycles. The van der Waals surface area contributed by atoms with E-state index in [0.29, 0.717) is 12.8 Å². The van der Waals surface area contributed by atoms with E-state index in [-0.39, 0.29) is 19.4 Å². The molecule has 0 aromatic heterocycles. The number of carbonyl (C=O) groups excluding carboxylic acids is 2. The van der Waals surface area contributed by atoms with Crippen LogP contribution in [0.3, 0.4) is 0 Å². The van der Waals surface area contributed by atoms with Gasteiger partial charge in [0.2, 0.25) is 5.91 Å². The van der Waals surface area contributed by atoms with Gasteiger partial charge in [-0.25, -0.2) is 0 Å². The third kappa shape index (κ3) is 4.19. The topological polar surface area (TPSA) is 55.4 Å². The molecule has 2 unspecified atom stereocenters. The van der Waals surface area contributed by atoms with E-state index >= 15 is 0 Å². The summed E-state index contributed by atoms with van der Waals surface area (Å²) >= 11 is 0. The first-order valence-corrected chi connectivity index (χ1v) is 5.76. The molecule has 1 aliphatic rings. The van der Waals surface area contributed by atoms with E-state index < -0.39 is 29.9 Å². The molecule has 1 amide bonds. The highest BCUT2D eigenvalue weighted by Gasteiger charge is 2.43. The first-order valence-electron chi connectivity index (χ1n) is 5.76. The number of ether oxygens (including phenoxy) is 1. The van der Waals surface area contributed by atoms with Crippen LogP contribution in [-0.4, -0.2) is 31.7 Å². The molecular weight excluding hydrogens is 251 g/mol. The largest absolute Gasteiger partial charge is 0.468 e.